The molecule has 0 aliphatic carbocycles. The molecule has 0 aliphatic rings. The molecule has 0 saturated heterocycles. The van der Waals surface area contributed by atoms with Gasteiger partial charge in [-0.25, -0.2) is 0 Å². The van der Waals surface area contributed by atoms with Gasteiger partial charge in [-0.1, -0.05) is 69.4 Å². The Balaban J connectivity index is 2.10. The molecule has 0 radical (unpaired) electrons. The van der Waals surface area contributed by atoms with Crippen LogP contribution in [0.1, 0.15) is 51.0 Å². The van der Waals surface area contributed by atoms with Gasteiger partial charge < -0.3 is 11.1 Å². The highest BCUT2D eigenvalue weighted by atomic mass is 16.2. The molecule has 1 amide bonds. The second-order valence-electron chi connectivity index (χ2n) is 5.36. The van der Waals surface area contributed by atoms with E-state index in [0.717, 1.165) is 18.5 Å². The molecule has 1 aromatic rings. The summed E-state index contributed by atoms with van der Waals surface area (Å²) >= 11 is 0. The van der Waals surface area contributed by atoms with Crippen molar-refractivity contribution in [1.82, 2.24) is 5.32 Å². The molecule has 1 aromatic carbocycles. The minimum Gasteiger partial charge on any atom is -0.355 e. The molecular weight excluding hydrogens is 248 g/mol. The van der Waals surface area contributed by atoms with Gasteiger partial charge in [-0.3, -0.25) is 4.79 Å². The lowest BCUT2D eigenvalue weighted by Gasteiger charge is -2.12. The number of carbonyl (C=O) groups excluding carboxylic acids is 1. The maximum Gasteiger partial charge on any atom is 0.237 e. The summed E-state index contributed by atoms with van der Waals surface area (Å²) in [7, 11) is 0. The molecule has 3 N–H and O–H groups in total. The Morgan fingerprint density at radius 2 is 1.75 bits per heavy atom. The summed E-state index contributed by atoms with van der Waals surface area (Å²) in [4.78, 5) is 11.8. The lowest BCUT2D eigenvalue weighted by atomic mass is 10.1. The van der Waals surface area contributed by atoms with Crippen molar-refractivity contribution in [1.29, 1.82) is 0 Å². The predicted molar refractivity (Wildman–Crippen MR) is 84.5 cm³/mol. The predicted octanol–water partition coefficient (Wildman–Crippen LogP) is 3.03. The van der Waals surface area contributed by atoms with E-state index >= 15 is 0 Å². The summed E-state index contributed by atoms with van der Waals surface area (Å²) in [6, 6.07) is 9.46. The molecule has 3 nitrogen and oxygen atoms in total. The van der Waals surface area contributed by atoms with E-state index in [9.17, 15) is 4.79 Å². The monoisotopic (exact) mass is 276 g/mol. The summed E-state index contributed by atoms with van der Waals surface area (Å²) in [5.41, 5.74) is 7.02. The molecular formula is C17H28N2O. The van der Waals surface area contributed by atoms with Gasteiger partial charge in [0, 0.05) is 6.54 Å². The van der Waals surface area contributed by atoms with Crippen molar-refractivity contribution in [2.75, 3.05) is 6.54 Å². The Bertz CT molecular complexity index is 365. The van der Waals surface area contributed by atoms with Crippen molar-refractivity contribution in [3.8, 4) is 0 Å². The first-order valence-corrected chi connectivity index (χ1v) is 7.81. The molecule has 3 heteroatoms. The molecule has 0 aliphatic heterocycles. The summed E-state index contributed by atoms with van der Waals surface area (Å²) < 4.78 is 0. The number of amides is 1. The van der Waals surface area contributed by atoms with Gasteiger partial charge in [0.2, 0.25) is 5.91 Å². The molecule has 0 aromatic heterocycles. The van der Waals surface area contributed by atoms with E-state index in [4.69, 9.17) is 5.73 Å². The Kier molecular flexibility index (Phi) is 8.72. The fraction of sp³-hybridized carbons (Fsp3) is 0.588. The largest absolute Gasteiger partial charge is 0.355 e. The zero-order chi connectivity index (χ0) is 14.6. The quantitative estimate of drug-likeness (QED) is 0.645. The molecule has 1 rings (SSSR count). The maximum absolute atomic E-state index is 11.8. The Hall–Kier alpha value is -1.35. The first kappa shape index (κ1) is 16.7. The fourth-order valence-corrected chi connectivity index (χ4v) is 2.21. The molecule has 20 heavy (non-hydrogen) atoms. The van der Waals surface area contributed by atoms with Gasteiger partial charge in [-0.05, 0) is 18.4 Å². The average Bonchev–Trinajstić information content (AvgIpc) is 2.47. The van der Waals surface area contributed by atoms with Crippen LogP contribution in [0.3, 0.4) is 0 Å². The van der Waals surface area contributed by atoms with Crippen LogP contribution in [-0.2, 0) is 11.2 Å². The van der Waals surface area contributed by atoms with Crippen LogP contribution in [0.25, 0.3) is 0 Å². The van der Waals surface area contributed by atoms with Crippen molar-refractivity contribution < 1.29 is 4.79 Å². The molecule has 0 fully saturated rings. The van der Waals surface area contributed by atoms with E-state index < -0.39 is 6.04 Å². The van der Waals surface area contributed by atoms with E-state index in [1.807, 2.05) is 30.3 Å². The Morgan fingerprint density at radius 3 is 2.45 bits per heavy atom. The van der Waals surface area contributed by atoms with Crippen LogP contribution < -0.4 is 11.1 Å². The molecule has 1 atom stereocenters. The van der Waals surface area contributed by atoms with Gasteiger partial charge >= 0.3 is 0 Å². The van der Waals surface area contributed by atoms with E-state index in [-0.39, 0.29) is 5.91 Å². The third kappa shape index (κ3) is 7.29. The highest BCUT2D eigenvalue weighted by Crippen LogP contribution is 2.04. The van der Waals surface area contributed by atoms with Gasteiger partial charge in [0.25, 0.3) is 0 Å². The minimum absolute atomic E-state index is 0.0394. The zero-order valence-corrected chi connectivity index (χ0v) is 12.6. The first-order chi connectivity index (χ1) is 9.74. The van der Waals surface area contributed by atoms with Gasteiger partial charge in [-0.2, -0.15) is 0 Å². The lowest BCUT2D eigenvalue weighted by molar-refractivity contribution is -0.122. The summed E-state index contributed by atoms with van der Waals surface area (Å²) in [6.45, 7) is 2.96. The van der Waals surface area contributed by atoms with Crippen molar-refractivity contribution in [3.63, 3.8) is 0 Å². The third-order valence-corrected chi connectivity index (χ3v) is 3.46. The van der Waals surface area contributed by atoms with Crippen LogP contribution in [0.15, 0.2) is 30.3 Å². The van der Waals surface area contributed by atoms with Gasteiger partial charge in [-0.15, -0.1) is 0 Å². The first-order valence-electron chi connectivity index (χ1n) is 7.81. The second kappa shape index (κ2) is 10.4. The molecule has 0 saturated carbocycles. The standard InChI is InChI=1S/C17H28N2O/c1-2-3-4-5-6-10-13-19-17(20)16(18)14-15-11-8-7-9-12-15/h7-9,11-12,16H,2-6,10,13-14,18H2,1H3,(H,19,20)/t16-/m1/s1. The van der Waals surface area contributed by atoms with Crippen LogP contribution in [-0.4, -0.2) is 18.5 Å². The van der Waals surface area contributed by atoms with Crippen LogP contribution in [0.4, 0.5) is 0 Å². The Morgan fingerprint density at radius 1 is 1.10 bits per heavy atom. The number of hydrogen-bond donors (Lipinski definition) is 2. The molecule has 0 unspecified atom stereocenters. The van der Waals surface area contributed by atoms with Gasteiger partial charge in [0.1, 0.15) is 0 Å². The molecule has 0 bridgehead atoms. The van der Waals surface area contributed by atoms with E-state index in [0.29, 0.717) is 6.42 Å². The number of nitrogens with two attached hydrogens (primary N) is 1. The number of carbonyl (C=O) groups is 1. The minimum atomic E-state index is -0.447. The van der Waals surface area contributed by atoms with Crippen LogP contribution in [0, 0.1) is 0 Å². The van der Waals surface area contributed by atoms with Crippen molar-refractivity contribution in [2.45, 2.75) is 57.9 Å². The molecule has 112 valence electrons. The summed E-state index contributed by atoms with van der Waals surface area (Å²) in [5.74, 6) is -0.0394. The maximum atomic E-state index is 11.8. The number of unbranched alkanes of at least 4 members (excludes halogenated alkanes) is 5. The number of nitrogens with one attached hydrogen (secondary N) is 1. The van der Waals surface area contributed by atoms with Crippen LogP contribution in [0.5, 0.6) is 0 Å². The van der Waals surface area contributed by atoms with Crippen molar-refractivity contribution >= 4 is 5.91 Å². The van der Waals surface area contributed by atoms with Gasteiger partial charge in [0.15, 0.2) is 0 Å². The molecule has 0 spiro atoms. The number of hydrogen-bond acceptors (Lipinski definition) is 2. The number of rotatable bonds is 10. The fourth-order valence-electron chi connectivity index (χ4n) is 2.21. The topological polar surface area (TPSA) is 55.1 Å². The summed E-state index contributed by atoms with van der Waals surface area (Å²) in [5, 5.41) is 2.93. The average molecular weight is 276 g/mol. The van der Waals surface area contributed by atoms with Gasteiger partial charge in [0.05, 0.1) is 6.04 Å². The van der Waals surface area contributed by atoms with E-state index in [1.165, 1.54) is 32.1 Å². The normalized spacial score (nSPS) is 12.1. The van der Waals surface area contributed by atoms with Crippen LogP contribution in [0.2, 0.25) is 0 Å². The van der Waals surface area contributed by atoms with Crippen molar-refractivity contribution in [3.05, 3.63) is 35.9 Å². The van der Waals surface area contributed by atoms with Crippen molar-refractivity contribution in [2.24, 2.45) is 5.73 Å². The van der Waals surface area contributed by atoms with E-state index in [1.54, 1.807) is 0 Å². The van der Waals surface area contributed by atoms with E-state index in [2.05, 4.69) is 12.2 Å². The molecule has 0 heterocycles. The lowest BCUT2D eigenvalue weighted by Crippen LogP contribution is -2.42. The zero-order valence-electron chi connectivity index (χ0n) is 12.6. The Labute approximate surface area is 122 Å². The highest BCUT2D eigenvalue weighted by molar-refractivity contribution is 5.81. The SMILES string of the molecule is CCCCCCCCNC(=O)[C@H](N)Cc1ccccc1. The second-order valence-corrected chi connectivity index (χ2v) is 5.36. The third-order valence-electron chi connectivity index (χ3n) is 3.46. The highest BCUT2D eigenvalue weighted by Gasteiger charge is 2.12. The smallest absolute Gasteiger partial charge is 0.237 e. The number of benzene rings is 1. The summed E-state index contributed by atoms with van der Waals surface area (Å²) in [6.07, 6.45) is 7.99. The van der Waals surface area contributed by atoms with Crippen LogP contribution >= 0.6 is 0 Å².